The SMILES string of the molecule is Cc1noc(C)c1C(=O)OCC(=O)NC1(C#N)CCCCC1. The van der Waals surface area contributed by atoms with Crippen LogP contribution in [0.4, 0.5) is 0 Å². The number of aromatic nitrogens is 1. The molecule has 22 heavy (non-hydrogen) atoms. The average Bonchev–Trinajstić information content (AvgIpc) is 2.85. The Morgan fingerprint density at radius 1 is 1.36 bits per heavy atom. The molecule has 1 heterocycles. The van der Waals surface area contributed by atoms with Crippen LogP contribution in [0, 0.1) is 25.2 Å². The summed E-state index contributed by atoms with van der Waals surface area (Å²) in [4.78, 5) is 23.9. The van der Waals surface area contributed by atoms with Crippen molar-refractivity contribution in [2.45, 2.75) is 51.5 Å². The fraction of sp³-hybridized carbons (Fsp3) is 0.600. The highest BCUT2D eigenvalue weighted by atomic mass is 16.5. The smallest absolute Gasteiger partial charge is 0.344 e. The van der Waals surface area contributed by atoms with Crippen molar-refractivity contribution in [3.63, 3.8) is 0 Å². The summed E-state index contributed by atoms with van der Waals surface area (Å²) < 4.78 is 9.86. The largest absolute Gasteiger partial charge is 0.452 e. The van der Waals surface area contributed by atoms with Gasteiger partial charge in [-0.25, -0.2) is 4.79 Å². The van der Waals surface area contributed by atoms with Crippen LogP contribution in [0.3, 0.4) is 0 Å². The van der Waals surface area contributed by atoms with Gasteiger partial charge < -0.3 is 14.6 Å². The Hall–Kier alpha value is -2.36. The number of carbonyl (C=O) groups is 2. The monoisotopic (exact) mass is 305 g/mol. The van der Waals surface area contributed by atoms with Gasteiger partial charge in [0.25, 0.3) is 5.91 Å². The maximum Gasteiger partial charge on any atom is 0.344 e. The standard InChI is InChI=1S/C15H19N3O4/c1-10-13(11(2)22-18-10)14(20)21-8-12(19)17-15(9-16)6-4-3-5-7-15/h3-8H2,1-2H3,(H,17,19). The Morgan fingerprint density at radius 2 is 2.05 bits per heavy atom. The molecule has 7 heteroatoms. The molecule has 2 rings (SSSR count). The van der Waals surface area contributed by atoms with E-state index in [2.05, 4.69) is 16.5 Å². The second-order valence-electron chi connectivity index (χ2n) is 5.58. The van der Waals surface area contributed by atoms with E-state index < -0.39 is 24.0 Å². The summed E-state index contributed by atoms with van der Waals surface area (Å²) in [6.45, 7) is 2.80. The number of nitriles is 1. The van der Waals surface area contributed by atoms with Crippen molar-refractivity contribution < 1.29 is 18.8 Å². The van der Waals surface area contributed by atoms with E-state index in [1.54, 1.807) is 13.8 Å². The van der Waals surface area contributed by atoms with Gasteiger partial charge in [0.1, 0.15) is 16.9 Å². The molecule has 0 aromatic carbocycles. The summed E-state index contributed by atoms with van der Waals surface area (Å²) in [5, 5.41) is 15.7. The second-order valence-corrected chi connectivity index (χ2v) is 5.58. The van der Waals surface area contributed by atoms with Gasteiger partial charge in [-0.2, -0.15) is 5.26 Å². The van der Waals surface area contributed by atoms with E-state index in [1.165, 1.54) is 0 Å². The minimum atomic E-state index is -0.829. The number of amides is 1. The number of aryl methyl sites for hydroxylation is 2. The van der Waals surface area contributed by atoms with Crippen LogP contribution in [0.2, 0.25) is 0 Å². The van der Waals surface area contributed by atoms with Gasteiger partial charge in [0.05, 0.1) is 11.8 Å². The van der Waals surface area contributed by atoms with Crippen molar-refractivity contribution >= 4 is 11.9 Å². The second kappa shape index (κ2) is 6.60. The molecule has 0 aliphatic heterocycles. The van der Waals surface area contributed by atoms with Gasteiger partial charge >= 0.3 is 5.97 Å². The number of hydrogen-bond donors (Lipinski definition) is 1. The maximum absolute atomic E-state index is 11.9. The summed E-state index contributed by atoms with van der Waals surface area (Å²) in [5.41, 5.74) is -0.172. The van der Waals surface area contributed by atoms with E-state index in [9.17, 15) is 14.9 Å². The molecule has 1 aromatic heterocycles. The van der Waals surface area contributed by atoms with Crippen molar-refractivity contribution in [3.05, 3.63) is 17.0 Å². The number of nitrogens with one attached hydrogen (secondary N) is 1. The average molecular weight is 305 g/mol. The van der Waals surface area contributed by atoms with Gasteiger partial charge in [0.15, 0.2) is 6.61 Å². The zero-order valence-electron chi connectivity index (χ0n) is 12.8. The highest BCUT2D eigenvalue weighted by Gasteiger charge is 2.33. The third-order valence-electron chi connectivity index (χ3n) is 3.87. The molecule has 0 atom stereocenters. The van der Waals surface area contributed by atoms with Gasteiger partial charge in [-0.1, -0.05) is 24.4 Å². The van der Waals surface area contributed by atoms with Gasteiger partial charge in [-0.05, 0) is 26.7 Å². The summed E-state index contributed by atoms with van der Waals surface area (Å²) in [6, 6.07) is 2.18. The number of ether oxygens (including phenoxy) is 1. The molecule has 7 nitrogen and oxygen atoms in total. The molecule has 1 aliphatic carbocycles. The first kappa shape index (κ1) is 16.0. The van der Waals surface area contributed by atoms with Crippen LogP contribution in [-0.4, -0.2) is 29.2 Å². The zero-order valence-corrected chi connectivity index (χ0v) is 12.8. The Kier molecular flexibility index (Phi) is 4.81. The highest BCUT2D eigenvalue weighted by molar-refractivity contribution is 5.93. The van der Waals surface area contributed by atoms with E-state index in [-0.39, 0.29) is 5.56 Å². The predicted molar refractivity (Wildman–Crippen MR) is 75.8 cm³/mol. The first-order chi connectivity index (χ1) is 10.5. The van der Waals surface area contributed by atoms with Crippen molar-refractivity contribution in [2.24, 2.45) is 0 Å². The van der Waals surface area contributed by atoms with Crippen LogP contribution < -0.4 is 5.32 Å². The number of rotatable bonds is 4. The van der Waals surface area contributed by atoms with Gasteiger partial charge in [0.2, 0.25) is 0 Å². The lowest BCUT2D eigenvalue weighted by Crippen LogP contribution is -2.50. The van der Waals surface area contributed by atoms with E-state index in [0.717, 1.165) is 19.3 Å². The normalized spacial score (nSPS) is 16.6. The van der Waals surface area contributed by atoms with Gasteiger partial charge in [-0.3, -0.25) is 4.79 Å². The molecule has 1 saturated carbocycles. The molecule has 0 unspecified atom stereocenters. The molecule has 0 radical (unpaired) electrons. The lowest BCUT2D eigenvalue weighted by atomic mass is 9.83. The van der Waals surface area contributed by atoms with Crippen LogP contribution in [0.25, 0.3) is 0 Å². The van der Waals surface area contributed by atoms with Crippen LogP contribution in [0.1, 0.15) is 53.9 Å². The molecule has 1 aliphatic rings. The molecule has 0 bridgehead atoms. The van der Waals surface area contributed by atoms with Crippen molar-refractivity contribution in [3.8, 4) is 6.07 Å². The van der Waals surface area contributed by atoms with E-state index in [1.807, 2.05) is 0 Å². The molecular formula is C15H19N3O4. The maximum atomic E-state index is 11.9. The first-order valence-electron chi connectivity index (χ1n) is 7.30. The fourth-order valence-corrected chi connectivity index (χ4v) is 2.70. The summed E-state index contributed by atoms with van der Waals surface area (Å²) in [5.74, 6) is -0.770. The van der Waals surface area contributed by atoms with E-state index in [0.29, 0.717) is 24.3 Å². The Bertz CT molecular complexity index is 589. The number of carbonyl (C=O) groups excluding carboxylic acids is 2. The quantitative estimate of drug-likeness (QED) is 0.850. The molecule has 118 valence electrons. The summed E-state index contributed by atoms with van der Waals surface area (Å²) in [6.07, 6.45) is 4.15. The Labute approximate surface area is 128 Å². The highest BCUT2D eigenvalue weighted by Crippen LogP contribution is 2.27. The van der Waals surface area contributed by atoms with E-state index in [4.69, 9.17) is 9.26 Å². The van der Waals surface area contributed by atoms with Crippen molar-refractivity contribution in [2.75, 3.05) is 6.61 Å². The molecule has 0 saturated heterocycles. The minimum absolute atomic E-state index is 0.237. The van der Waals surface area contributed by atoms with Gasteiger partial charge in [-0.15, -0.1) is 0 Å². The van der Waals surface area contributed by atoms with Crippen LogP contribution in [-0.2, 0) is 9.53 Å². The van der Waals surface area contributed by atoms with Crippen LogP contribution in [0.5, 0.6) is 0 Å². The zero-order chi connectivity index (χ0) is 16.2. The molecule has 0 spiro atoms. The molecule has 1 fully saturated rings. The number of nitrogens with zero attached hydrogens (tertiary/aromatic N) is 2. The third-order valence-corrected chi connectivity index (χ3v) is 3.87. The third kappa shape index (κ3) is 3.45. The Balaban J connectivity index is 1.90. The van der Waals surface area contributed by atoms with E-state index >= 15 is 0 Å². The van der Waals surface area contributed by atoms with Crippen molar-refractivity contribution in [1.29, 1.82) is 5.26 Å². The fourth-order valence-electron chi connectivity index (χ4n) is 2.70. The van der Waals surface area contributed by atoms with Crippen molar-refractivity contribution in [1.82, 2.24) is 10.5 Å². The van der Waals surface area contributed by atoms with Crippen LogP contribution >= 0.6 is 0 Å². The summed E-state index contributed by atoms with van der Waals surface area (Å²) in [7, 11) is 0. The molecule has 1 aromatic rings. The molecular weight excluding hydrogens is 286 g/mol. The lowest BCUT2D eigenvalue weighted by Gasteiger charge is -2.31. The molecule has 1 N–H and O–H groups in total. The predicted octanol–water partition coefficient (Wildman–Crippen LogP) is 1.79. The lowest BCUT2D eigenvalue weighted by molar-refractivity contribution is -0.125. The number of esters is 1. The first-order valence-corrected chi connectivity index (χ1v) is 7.30. The topological polar surface area (TPSA) is 105 Å². The summed E-state index contributed by atoms with van der Waals surface area (Å²) >= 11 is 0. The Morgan fingerprint density at radius 3 is 2.59 bits per heavy atom. The van der Waals surface area contributed by atoms with Gasteiger partial charge in [0, 0.05) is 0 Å². The van der Waals surface area contributed by atoms with Crippen LogP contribution in [0.15, 0.2) is 4.52 Å². The number of hydrogen-bond acceptors (Lipinski definition) is 6. The molecule has 1 amide bonds. The minimum Gasteiger partial charge on any atom is -0.452 e.